The highest BCUT2D eigenvalue weighted by atomic mass is 16.6. The van der Waals surface area contributed by atoms with Gasteiger partial charge in [0.2, 0.25) is 0 Å². The predicted molar refractivity (Wildman–Crippen MR) is 73.2 cm³/mol. The van der Waals surface area contributed by atoms with E-state index in [1.807, 2.05) is 6.07 Å². The van der Waals surface area contributed by atoms with Gasteiger partial charge in [0, 0.05) is 13.0 Å². The Balaban J connectivity index is 1.97. The first kappa shape index (κ1) is 15.0. The summed E-state index contributed by atoms with van der Waals surface area (Å²) in [4.78, 5) is 36.0. The van der Waals surface area contributed by atoms with Gasteiger partial charge in [-0.2, -0.15) is 0 Å². The quantitative estimate of drug-likeness (QED) is 0.455. The molecule has 1 heterocycles. The Morgan fingerprint density at radius 1 is 1.24 bits per heavy atom. The van der Waals surface area contributed by atoms with Crippen LogP contribution in [0.2, 0.25) is 0 Å². The van der Waals surface area contributed by atoms with E-state index in [2.05, 4.69) is 4.74 Å². The third-order valence-electron chi connectivity index (χ3n) is 3.33. The van der Waals surface area contributed by atoms with Crippen LogP contribution in [0.25, 0.3) is 0 Å². The fourth-order valence-electron chi connectivity index (χ4n) is 2.26. The molecule has 0 aromatic heterocycles. The van der Waals surface area contributed by atoms with Gasteiger partial charge in [0.1, 0.15) is 0 Å². The molecule has 2 rings (SSSR count). The predicted octanol–water partition coefficient (Wildman–Crippen LogP) is 2.05. The molecule has 0 N–H and O–H groups in total. The number of cyclic esters (lactones) is 2. The van der Waals surface area contributed by atoms with Crippen LogP contribution in [0.5, 0.6) is 0 Å². The summed E-state index contributed by atoms with van der Waals surface area (Å²) in [5.41, 5.74) is 0.723. The van der Waals surface area contributed by atoms with Gasteiger partial charge in [-0.05, 0) is 18.4 Å². The molecule has 1 amide bonds. The molecule has 1 aromatic rings. The van der Waals surface area contributed by atoms with Crippen LogP contribution in [0, 0.1) is 0 Å². The van der Waals surface area contributed by atoms with Crippen molar-refractivity contribution in [3.05, 3.63) is 35.9 Å². The molecule has 112 valence electrons. The van der Waals surface area contributed by atoms with Gasteiger partial charge < -0.3 is 9.47 Å². The van der Waals surface area contributed by atoms with E-state index in [1.165, 1.54) is 12.0 Å². The average Bonchev–Trinajstić information content (AvgIpc) is 2.78. The van der Waals surface area contributed by atoms with Crippen LogP contribution in [0.15, 0.2) is 30.3 Å². The maximum absolute atomic E-state index is 11.8. The van der Waals surface area contributed by atoms with Crippen LogP contribution < -0.4 is 0 Å². The minimum absolute atomic E-state index is 0.283. The normalized spacial score (nSPS) is 17.8. The second-order valence-electron chi connectivity index (χ2n) is 4.73. The van der Waals surface area contributed by atoms with Crippen molar-refractivity contribution in [1.29, 1.82) is 0 Å². The van der Waals surface area contributed by atoms with Crippen molar-refractivity contribution in [2.24, 2.45) is 0 Å². The van der Waals surface area contributed by atoms with Crippen molar-refractivity contribution < 1.29 is 23.9 Å². The minimum Gasteiger partial charge on any atom is -0.469 e. The number of benzene rings is 1. The lowest BCUT2D eigenvalue weighted by molar-refractivity contribution is -0.141. The first-order valence-corrected chi connectivity index (χ1v) is 6.77. The number of hydrogen-bond donors (Lipinski definition) is 0. The molecule has 0 bridgehead atoms. The van der Waals surface area contributed by atoms with Crippen LogP contribution in [0.3, 0.4) is 0 Å². The number of carbonyl (C=O) groups is 3. The molecule has 0 unspecified atom stereocenters. The summed E-state index contributed by atoms with van der Waals surface area (Å²) in [7, 11) is 1.34. The van der Waals surface area contributed by atoms with Gasteiger partial charge in [-0.25, -0.2) is 9.59 Å². The number of methoxy groups -OCH3 is 1. The smallest absolute Gasteiger partial charge is 0.418 e. The summed E-state index contributed by atoms with van der Waals surface area (Å²) in [6.07, 6.45) is 0.850. The molecule has 1 aromatic carbocycles. The lowest BCUT2D eigenvalue weighted by Crippen LogP contribution is -2.29. The van der Waals surface area contributed by atoms with Crippen LogP contribution in [-0.4, -0.2) is 36.6 Å². The molecule has 6 heteroatoms. The molecule has 1 saturated heterocycles. The number of esters is 2. The molecular weight excluding hydrogens is 274 g/mol. The monoisotopic (exact) mass is 291 g/mol. The second kappa shape index (κ2) is 6.88. The SMILES string of the molecule is COC(=O)CCCCN1C(=O)OC(=O)[C@@H]1c1ccccc1. The Morgan fingerprint density at radius 3 is 2.62 bits per heavy atom. The van der Waals surface area contributed by atoms with Crippen molar-refractivity contribution in [2.45, 2.75) is 25.3 Å². The van der Waals surface area contributed by atoms with Crippen LogP contribution >= 0.6 is 0 Å². The van der Waals surface area contributed by atoms with Crippen molar-refractivity contribution in [1.82, 2.24) is 4.90 Å². The number of amides is 1. The molecule has 1 aliphatic heterocycles. The first-order chi connectivity index (χ1) is 10.1. The third kappa shape index (κ3) is 3.59. The largest absolute Gasteiger partial charge is 0.469 e. The van der Waals surface area contributed by atoms with Crippen molar-refractivity contribution >= 4 is 18.0 Å². The van der Waals surface area contributed by atoms with Crippen LogP contribution in [0.4, 0.5) is 4.79 Å². The Morgan fingerprint density at radius 2 is 1.95 bits per heavy atom. The maximum Gasteiger partial charge on any atom is 0.418 e. The summed E-state index contributed by atoms with van der Waals surface area (Å²) in [5.74, 6) is -0.839. The molecule has 1 fully saturated rings. The highest BCUT2D eigenvalue weighted by Gasteiger charge is 2.41. The van der Waals surface area contributed by atoms with Crippen molar-refractivity contribution in [3.8, 4) is 0 Å². The van der Waals surface area contributed by atoms with Crippen molar-refractivity contribution in [3.63, 3.8) is 0 Å². The van der Waals surface area contributed by atoms with E-state index in [9.17, 15) is 14.4 Å². The first-order valence-electron chi connectivity index (χ1n) is 6.77. The van der Waals surface area contributed by atoms with Crippen LogP contribution in [0.1, 0.15) is 30.9 Å². The zero-order valence-corrected chi connectivity index (χ0v) is 11.8. The Hall–Kier alpha value is -2.37. The minimum atomic E-state index is -0.697. The Kier molecular flexibility index (Phi) is 4.92. The van der Waals surface area contributed by atoms with Crippen LogP contribution in [-0.2, 0) is 19.1 Å². The van der Waals surface area contributed by atoms with Gasteiger partial charge in [-0.3, -0.25) is 9.69 Å². The van der Waals surface area contributed by atoms with Gasteiger partial charge in [0.05, 0.1) is 7.11 Å². The molecule has 0 aliphatic carbocycles. The number of unbranched alkanes of at least 4 members (excludes halogenated alkanes) is 1. The van der Waals surface area contributed by atoms with Gasteiger partial charge in [-0.1, -0.05) is 30.3 Å². The number of hydrogen-bond acceptors (Lipinski definition) is 5. The Bertz CT molecular complexity index is 528. The molecule has 0 saturated carbocycles. The zero-order chi connectivity index (χ0) is 15.2. The summed E-state index contributed by atoms with van der Waals surface area (Å²) >= 11 is 0. The summed E-state index contributed by atoms with van der Waals surface area (Å²) in [6.45, 7) is 0.362. The molecule has 0 radical (unpaired) electrons. The van der Waals surface area contributed by atoms with E-state index in [0.29, 0.717) is 25.8 Å². The number of nitrogens with zero attached hydrogens (tertiary/aromatic N) is 1. The summed E-state index contributed by atoms with van der Waals surface area (Å²) in [6, 6.07) is 8.32. The summed E-state index contributed by atoms with van der Waals surface area (Å²) in [5, 5.41) is 0. The van der Waals surface area contributed by atoms with Gasteiger partial charge >= 0.3 is 18.0 Å². The van der Waals surface area contributed by atoms with E-state index < -0.39 is 18.1 Å². The standard InChI is InChI=1S/C15H17NO5/c1-20-12(17)9-5-6-10-16-13(14(18)21-15(16)19)11-7-3-2-4-8-11/h2-4,7-8,13H,5-6,9-10H2,1H3/t13-/m0/s1. The zero-order valence-electron chi connectivity index (χ0n) is 11.8. The highest BCUT2D eigenvalue weighted by molar-refractivity contribution is 5.96. The molecule has 1 atom stereocenters. The summed E-state index contributed by atoms with van der Waals surface area (Å²) < 4.78 is 9.25. The number of carbonyl (C=O) groups excluding carboxylic acids is 3. The van der Waals surface area contributed by atoms with Gasteiger partial charge in [-0.15, -0.1) is 0 Å². The average molecular weight is 291 g/mol. The number of ether oxygens (including phenoxy) is 2. The van der Waals surface area contributed by atoms with E-state index in [1.54, 1.807) is 24.3 Å². The Labute approximate surface area is 122 Å². The fourth-order valence-corrected chi connectivity index (χ4v) is 2.26. The van der Waals surface area contributed by atoms with Crippen molar-refractivity contribution in [2.75, 3.05) is 13.7 Å². The molecule has 0 spiro atoms. The lowest BCUT2D eigenvalue weighted by atomic mass is 10.1. The molecule has 6 nitrogen and oxygen atoms in total. The second-order valence-corrected chi connectivity index (χ2v) is 4.73. The highest BCUT2D eigenvalue weighted by Crippen LogP contribution is 2.29. The van der Waals surface area contributed by atoms with Gasteiger partial charge in [0.15, 0.2) is 6.04 Å². The fraction of sp³-hybridized carbons (Fsp3) is 0.400. The van der Waals surface area contributed by atoms with E-state index in [4.69, 9.17) is 4.74 Å². The molecular formula is C15H17NO5. The van der Waals surface area contributed by atoms with E-state index >= 15 is 0 Å². The molecule has 1 aliphatic rings. The van der Waals surface area contributed by atoms with Gasteiger partial charge in [0.25, 0.3) is 0 Å². The topological polar surface area (TPSA) is 72.9 Å². The van der Waals surface area contributed by atoms with E-state index in [-0.39, 0.29) is 5.97 Å². The molecule has 21 heavy (non-hydrogen) atoms. The van der Waals surface area contributed by atoms with E-state index in [0.717, 1.165) is 5.56 Å². The lowest BCUT2D eigenvalue weighted by Gasteiger charge is -2.19. The number of rotatable bonds is 6. The maximum atomic E-state index is 11.8. The third-order valence-corrected chi connectivity index (χ3v) is 3.33.